The molecule has 4 aromatic carbocycles. The Hall–Kier alpha value is -4.12. The van der Waals surface area contributed by atoms with E-state index in [-0.39, 0.29) is 11.5 Å². The highest BCUT2D eigenvalue weighted by Gasteiger charge is 2.17. The Labute approximate surface area is 190 Å². The van der Waals surface area contributed by atoms with Crippen LogP contribution in [0.1, 0.15) is 22.5 Å². The topological polar surface area (TPSA) is 62.3 Å². The summed E-state index contributed by atoms with van der Waals surface area (Å²) in [6, 6.07) is 26.1. The van der Waals surface area contributed by atoms with Gasteiger partial charge in [-0.25, -0.2) is 9.18 Å². The second-order valence-corrected chi connectivity index (χ2v) is 7.98. The Morgan fingerprint density at radius 2 is 1.64 bits per heavy atom. The molecule has 0 spiro atoms. The highest BCUT2D eigenvalue weighted by Crippen LogP contribution is 2.30. The van der Waals surface area contributed by atoms with Gasteiger partial charge in [0.1, 0.15) is 17.3 Å². The number of rotatable bonds is 7. The third-order valence-electron chi connectivity index (χ3n) is 5.88. The van der Waals surface area contributed by atoms with Crippen molar-refractivity contribution in [2.45, 2.75) is 12.8 Å². The molecule has 0 radical (unpaired) electrons. The molecule has 5 heteroatoms. The van der Waals surface area contributed by atoms with Gasteiger partial charge in [-0.3, -0.25) is 0 Å². The van der Waals surface area contributed by atoms with Crippen LogP contribution in [-0.4, -0.2) is 22.7 Å². The van der Waals surface area contributed by atoms with E-state index >= 15 is 0 Å². The molecule has 0 aliphatic rings. The smallest absolute Gasteiger partial charge is 0.352 e. The molecule has 33 heavy (non-hydrogen) atoms. The highest BCUT2D eigenvalue weighted by atomic mass is 19.1. The molecule has 1 aromatic heterocycles. The van der Waals surface area contributed by atoms with Gasteiger partial charge in [0.2, 0.25) is 0 Å². The van der Waals surface area contributed by atoms with Crippen molar-refractivity contribution in [3.8, 4) is 16.9 Å². The van der Waals surface area contributed by atoms with Crippen molar-refractivity contribution in [3.05, 3.63) is 102 Å². The molecule has 0 aliphatic carbocycles. The second kappa shape index (κ2) is 8.79. The van der Waals surface area contributed by atoms with Crippen molar-refractivity contribution in [1.29, 1.82) is 0 Å². The molecule has 164 valence electrons. The lowest BCUT2D eigenvalue weighted by Crippen LogP contribution is -2.04. The average Bonchev–Trinajstić information content (AvgIpc) is 3.20. The molecule has 2 N–H and O–H groups in total. The molecule has 4 nitrogen and oxygen atoms in total. The monoisotopic (exact) mass is 439 g/mol. The van der Waals surface area contributed by atoms with Gasteiger partial charge >= 0.3 is 5.97 Å². The SMILES string of the molecule is O=C(O)c1[nH]c2ccc(-c3ccc(F)cc3)cc2c1CCCOc1cccc2ccccc12. The summed E-state index contributed by atoms with van der Waals surface area (Å²) in [5.74, 6) is -0.454. The minimum atomic E-state index is -0.987. The van der Waals surface area contributed by atoms with Gasteiger partial charge in [0, 0.05) is 16.3 Å². The number of hydrogen-bond donors (Lipinski definition) is 2. The summed E-state index contributed by atoms with van der Waals surface area (Å²) in [5, 5.41) is 12.8. The van der Waals surface area contributed by atoms with Crippen LogP contribution in [0.25, 0.3) is 32.8 Å². The number of aromatic amines is 1. The number of carboxylic acids is 1. The maximum Gasteiger partial charge on any atom is 0.352 e. The van der Waals surface area contributed by atoms with E-state index in [1.54, 1.807) is 12.1 Å². The molecular weight excluding hydrogens is 417 g/mol. The zero-order valence-electron chi connectivity index (χ0n) is 17.8. The molecule has 0 saturated heterocycles. The number of aryl methyl sites for hydroxylation is 1. The van der Waals surface area contributed by atoms with Crippen LogP contribution in [0, 0.1) is 5.82 Å². The number of fused-ring (bicyclic) bond motifs is 2. The predicted molar refractivity (Wildman–Crippen MR) is 128 cm³/mol. The lowest BCUT2D eigenvalue weighted by Gasteiger charge is -2.10. The number of aromatic nitrogens is 1. The Balaban J connectivity index is 1.39. The van der Waals surface area contributed by atoms with Crippen LogP contribution in [0.5, 0.6) is 5.75 Å². The number of carboxylic acid groups (broad SMARTS) is 1. The maximum absolute atomic E-state index is 13.3. The summed E-state index contributed by atoms with van der Waals surface area (Å²) >= 11 is 0. The Morgan fingerprint density at radius 1 is 0.879 bits per heavy atom. The van der Waals surface area contributed by atoms with Crippen molar-refractivity contribution >= 4 is 27.6 Å². The van der Waals surface area contributed by atoms with Crippen LogP contribution in [0.15, 0.2) is 84.9 Å². The first-order valence-corrected chi connectivity index (χ1v) is 10.8. The molecule has 0 bridgehead atoms. The minimum Gasteiger partial charge on any atom is -0.493 e. The fraction of sp³-hybridized carbons (Fsp3) is 0.107. The molecule has 1 heterocycles. The minimum absolute atomic E-state index is 0.200. The first kappa shape index (κ1) is 20.8. The van der Waals surface area contributed by atoms with Gasteiger partial charge in [0.05, 0.1) is 6.61 Å². The van der Waals surface area contributed by atoms with Gasteiger partial charge in [0.15, 0.2) is 0 Å². The quantitative estimate of drug-likeness (QED) is 0.273. The van der Waals surface area contributed by atoms with Crippen molar-refractivity contribution < 1.29 is 19.0 Å². The van der Waals surface area contributed by atoms with E-state index in [9.17, 15) is 14.3 Å². The summed E-state index contributed by atoms with van der Waals surface area (Å²) < 4.78 is 19.4. The van der Waals surface area contributed by atoms with Crippen LogP contribution in [0.3, 0.4) is 0 Å². The molecule has 0 aliphatic heterocycles. The first-order valence-electron chi connectivity index (χ1n) is 10.8. The van der Waals surface area contributed by atoms with Gasteiger partial charge in [-0.15, -0.1) is 0 Å². The van der Waals surface area contributed by atoms with Crippen LogP contribution >= 0.6 is 0 Å². The van der Waals surface area contributed by atoms with Crippen LogP contribution < -0.4 is 4.74 Å². The second-order valence-electron chi connectivity index (χ2n) is 7.98. The molecular formula is C28H22FNO3. The van der Waals surface area contributed by atoms with E-state index < -0.39 is 5.97 Å². The Bertz CT molecular complexity index is 1450. The molecule has 5 aromatic rings. The summed E-state index contributed by atoms with van der Waals surface area (Å²) in [6.07, 6.45) is 1.22. The van der Waals surface area contributed by atoms with Gasteiger partial charge in [-0.1, -0.05) is 54.6 Å². The number of benzene rings is 4. The van der Waals surface area contributed by atoms with Crippen molar-refractivity contribution in [2.75, 3.05) is 6.61 Å². The van der Waals surface area contributed by atoms with Gasteiger partial charge in [-0.05, 0) is 65.3 Å². The third-order valence-corrected chi connectivity index (χ3v) is 5.88. The number of H-pyrrole nitrogens is 1. The normalized spacial score (nSPS) is 11.2. The number of halogens is 1. The Kier molecular flexibility index (Phi) is 5.53. The fourth-order valence-corrected chi connectivity index (χ4v) is 4.26. The van der Waals surface area contributed by atoms with E-state index in [0.717, 1.165) is 44.1 Å². The zero-order chi connectivity index (χ0) is 22.8. The van der Waals surface area contributed by atoms with E-state index in [1.807, 2.05) is 60.7 Å². The number of carbonyl (C=O) groups is 1. The lowest BCUT2D eigenvalue weighted by atomic mass is 10.00. The average molecular weight is 439 g/mol. The maximum atomic E-state index is 13.3. The van der Waals surface area contributed by atoms with Crippen molar-refractivity contribution in [3.63, 3.8) is 0 Å². The summed E-state index contributed by atoms with van der Waals surface area (Å²) in [5.41, 5.74) is 3.51. The predicted octanol–water partition coefficient (Wildman–Crippen LogP) is 6.84. The first-order chi connectivity index (χ1) is 16.1. The van der Waals surface area contributed by atoms with E-state index in [4.69, 9.17) is 4.74 Å². The number of ether oxygens (including phenoxy) is 1. The molecule has 0 unspecified atom stereocenters. The van der Waals surface area contributed by atoms with Crippen molar-refractivity contribution in [2.24, 2.45) is 0 Å². The van der Waals surface area contributed by atoms with Gasteiger partial charge < -0.3 is 14.8 Å². The molecule has 5 rings (SSSR count). The summed E-state index contributed by atoms with van der Waals surface area (Å²) in [6.45, 7) is 0.470. The molecule has 0 fully saturated rings. The highest BCUT2D eigenvalue weighted by molar-refractivity contribution is 5.98. The fourth-order valence-electron chi connectivity index (χ4n) is 4.26. The van der Waals surface area contributed by atoms with Crippen molar-refractivity contribution in [1.82, 2.24) is 4.98 Å². The van der Waals surface area contributed by atoms with Gasteiger partial charge in [-0.2, -0.15) is 0 Å². The van der Waals surface area contributed by atoms with Gasteiger partial charge in [0.25, 0.3) is 0 Å². The molecule has 0 saturated carbocycles. The lowest BCUT2D eigenvalue weighted by molar-refractivity contribution is 0.0690. The summed E-state index contributed by atoms with van der Waals surface area (Å²) in [4.78, 5) is 14.9. The van der Waals surface area contributed by atoms with E-state index in [0.29, 0.717) is 19.4 Å². The van der Waals surface area contributed by atoms with E-state index in [2.05, 4.69) is 4.98 Å². The molecule has 0 atom stereocenters. The Morgan fingerprint density at radius 3 is 2.45 bits per heavy atom. The summed E-state index contributed by atoms with van der Waals surface area (Å²) in [7, 11) is 0. The van der Waals surface area contributed by atoms with E-state index in [1.165, 1.54) is 12.1 Å². The largest absolute Gasteiger partial charge is 0.493 e. The van der Waals surface area contributed by atoms with Crippen LogP contribution in [0.4, 0.5) is 4.39 Å². The number of nitrogens with one attached hydrogen (secondary N) is 1. The molecule has 0 amide bonds. The standard InChI is InChI=1S/C28H22FNO3/c29-21-13-10-18(11-14-21)20-12-15-25-24(17-20)23(27(30-25)28(31)32)8-4-16-33-26-9-3-6-19-5-1-2-7-22(19)26/h1-3,5-7,9-15,17,30H,4,8,16H2,(H,31,32). The number of hydrogen-bond acceptors (Lipinski definition) is 2. The third kappa shape index (κ3) is 4.17. The van der Waals surface area contributed by atoms with Crippen LogP contribution in [0.2, 0.25) is 0 Å². The zero-order valence-corrected chi connectivity index (χ0v) is 17.8. The number of aromatic carboxylic acids is 1. The van der Waals surface area contributed by atoms with Crippen LogP contribution in [-0.2, 0) is 6.42 Å².